The Balaban J connectivity index is 0.000000686. The first kappa shape index (κ1) is 13.7. The van der Waals surface area contributed by atoms with E-state index < -0.39 is 6.61 Å². The van der Waals surface area contributed by atoms with Gasteiger partial charge in [-0.2, -0.15) is 0 Å². The number of aryl methyl sites for hydroxylation is 1. The van der Waals surface area contributed by atoms with Crippen LogP contribution in [0.15, 0.2) is 30.3 Å². The molecule has 1 aliphatic rings. The maximum absolute atomic E-state index is 11.6. The molecule has 2 rings (SSSR count). The summed E-state index contributed by atoms with van der Waals surface area (Å²) in [6.07, 6.45) is 4.94. The van der Waals surface area contributed by atoms with Gasteiger partial charge in [0.25, 0.3) is 0 Å². The van der Waals surface area contributed by atoms with Gasteiger partial charge in [-0.1, -0.05) is 44.2 Å². The lowest BCUT2D eigenvalue weighted by atomic mass is 9.97. The van der Waals surface area contributed by atoms with E-state index in [0.717, 1.165) is 24.8 Å². The van der Waals surface area contributed by atoms with Gasteiger partial charge in [0.1, 0.15) is 6.61 Å². The molecule has 0 aliphatic heterocycles. The predicted molar refractivity (Wildman–Crippen MR) is 70.8 cm³/mol. The maximum Gasteiger partial charge on any atom is 0.188 e. The highest BCUT2D eigenvalue weighted by molar-refractivity contribution is 6.21. The van der Waals surface area contributed by atoms with E-state index in [9.17, 15) is 4.79 Å². The third-order valence-corrected chi connectivity index (χ3v) is 2.75. The van der Waals surface area contributed by atoms with Gasteiger partial charge in [0, 0.05) is 5.57 Å². The number of Topliss-reactive ketones (excluding diaryl/α,β-unsaturated/α-hetero) is 1. The van der Waals surface area contributed by atoms with Crippen LogP contribution in [-0.4, -0.2) is 17.5 Å². The lowest BCUT2D eigenvalue weighted by Gasteiger charge is -2.08. The highest BCUT2D eigenvalue weighted by atomic mass is 16.3. The molecule has 0 atom stereocenters. The highest BCUT2D eigenvalue weighted by Crippen LogP contribution is 2.25. The normalized spacial score (nSPS) is 13.7. The summed E-state index contributed by atoms with van der Waals surface area (Å²) in [5, 5.41) is 8.91. The predicted octanol–water partition coefficient (Wildman–Crippen LogP) is 2.99. The number of carbonyl (C=O) groups excluding carboxylic acids is 1. The van der Waals surface area contributed by atoms with E-state index in [1.807, 2.05) is 38.1 Å². The van der Waals surface area contributed by atoms with Crippen LogP contribution in [0.3, 0.4) is 0 Å². The average molecular weight is 232 g/mol. The van der Waals surface area contributed by atoms with Crippen LogP contribution < -0.4 is 0 Å². The summed E-state index contributed by atoms with van der Waals surface area (Å²) >= 11 is 0. The molecule has 17 heavy (non-hydrogen) atoms. The van der Waals surface area contributed by atoms with Crippen molar-refractivity contribution in [1.82, 2.24) is 0 Å². The Hall–Kier alpha value is -1.41. The van der Waals surface area contributed by atoms with Gasteiger partial charge in [0.15, 0.2) is 5.78 Å². The van der Waals surface area contributed by atoms with E-state index in [0.29, 0.717) is 5.57 Å². The third-order valence-electron chi connectivity index (χ3n) is 2.75. The van der Waals surface area contributed by atoms with E-state index in [1.54, 1.807) is 0 Å². The summed E-state index contributed by atoms with van der Waals surface area (Å²) in [7, 11) is 0. The summed E-state index contributed by atoms with van der Waals surface area (Å²) < 4.78 is 0. The highest BCUT2D eigenvalue weighted by Gasteiger charge is 2.15. The van der Waals surface area contributed by atoms with Gasteiger partial charge < -0.3 is 5.11 Å². The van der Waals surface area contributed by atoms with Crippen LogP contribution in [-0.2, 0) is 11.2 Å². The van der Waals surface area contributed by atoms with E-state index in [-0.39, 0.29) is 5.78 Å². The summed E-state index contributed by atoms with van der Waals surface area (Å²) in [4.78, 5) is 11.6. The fourth-order valence-corrected chi connectivity index (χ4v) is 2.00. The Labute approximate surface area is 103 Å². The second-order valence-electron chi connectivity index (χ2n) is 3.75. The van der Waals surface area contributed by atoms with Crippen molar-refractivity contribution < 1.29 is 9.90 Å². The van der Waals surface area contributed by atoms with Crippen molar-refractivity contribution in [2.75, 3.05) is 6.61 Å². The van der Waals surface area contributed by atoms with Crippen molar-refractivity contribution in [3.05, 3.63) is 41.5 Å². The van der Waals surface area contributed by atoms with Crippen molar-refractivity contribution in [2.45, 2.75) is 33.1 Å². The van der Waals surface area contributed by atoms with Crippen LogP contribution in [0.1, 0.15) is 37.8 Å². The SMILES string of the molecule is CC.O=C(CO)C1=CCCCc2ccccc21. The molecule has 0 aromatic heterocycles. The zero-order chi connectivity index (χ0) is 12.7. The molecule has 1 N–H and O–H groups in total. The Morgan fingerprint density at radius 2 is 2.00 bits per heavy atom. The number of ketones is 1. The first-order valence-electron chi connectivity index (χ1n) is 6.25. The smallest absolute Gasteiger partial charge is 0.188 e. The molecule has 0 saturated heterocycles. The Morgan fingerprint density at radius 1 is 1.29 bits per heavy atom. The zero-order valence-corrected chi connectivity index (χ0v) is 10.6. The largest absolute Gasteiger partial charge is 0.388 e. The molecule has 2 heteroatoms. The fourth-order valence-electron chi connectivity index (χ4n) is 2.00. The number of benzene rings is 1. The summed E-state index contributed by atoms with van der Waals surface area (Å²) in [5.41, 5.74) is 2.89. The molecule has 0 heterocycles. The van der Waals surface area contributed by atoms with Gasteiger partial charge in [0.2, 0.25) is 0 Å². The number of rotatable bonds is 2. The van der Waals surface area contributed by atoms with Gasteiger partial charge in [-0.25, -0.2) is 0 Å². The summed E-state index contributed by atoms with van der Waals surface area (Å²) in [6.45, 7) is 3.60. The third kappa shape index (κ3) is 3.27. The van der Waals surface area contributed by atoms with E-state index >= 15 is 0 Å². The molecule has 1 aliphatic carbocycles. The Bertz CT molecular complexity index is 405. The van der Waals surface area contributed by atoms with Crippen LogP contribution in [0.5, 0.6) is 0 Å². The summed E-state index contributed by atoms with van der Waals surface area (Å²) in [6, 6.07) is 7.94. The van der Waals surface area contributed by atoms with E-state index in [1.165, 1.54) is 5.56 Å². The second-order valence-corrected chi connectivity index (χ2v) is 3.75. The van der Waals surface area contributed by atoms with Gasteiger partial charge >= 0.3 is 0 Å². The van der Waals surface area contributed by atoms with Gasteiger partial charge in [0.05, 0.1) is 0 Å². The monoisotopic (exact) mass is 232 g/mol. The number of hydrogen-bond donors (Lipinski definition) is 1. The molecule has 0 amide bonds. The van der Waals surface area contributed by atoms with Gasteiger partial charge in [-0.15, -0.1) is 0 Å². The van der Waals surface area contributed by atoms with Crippen LogP contribution in [0.25, 0.3) is 5.57 Å². The molecule has 0 radical (unpaired) electrons. The Kier molecular flexibility index (Phi) is 5.64. The number of aliphatic hydroxyl groups excluding tert-OH is 1. The molecule has 0 spiro atoms. The minimum atomic E-state index is -0.403. The van der Waals surface area contributed by atoms with Crippen LogP contribution in [0.2, 0.25) is 0 Å². The summed E-state index contributed by atoms with van der Waals surface area (Å²) in [5.74, 6) is -0.177. The zero-order valence-electron chi connectivity index (χ0n) is 10.6. The molecule has 1 aromatic rings. The minimum absolute atomic E-state index is 0.177. The van der Waals surface area contributed by atoms with Crippen LogP contribution >= 0.6 is 0 Å². The molecule has 0 unspecified atom stereocenters. The molecule has 0 bridgehead atoms. The number of fused-ring (bicyclic) bond motifs is 1. The van der Waals surface area contributed by atoms with Gasteiger partial charge in [-0.05, 0) is 30.4 Å². The van der Waals surface area contributed by atoms with Gasteiger partial charge in [-0.3, -0.25) is 4.79 Å². The molecule has 0 fully saturated rings. The van der Waals surface area contributed by atoms with E-state index in [2.05, 4.69) is 6.07 Å². The Morgan fingerprint density at radius 3 is 2.71 bits per heavy atom. The minimum Gasteiger partial charge on any atom is -0.388 e. The van der Waals surface area contributed by atoms with Crippen molar-refractivity contribution in [2.24, 2.45) is 0 Å². The molecular weight excluding hydrogens is 212 g/mol. The van der Waals surface area contributed by atoms with Crippen LogP contribution in [0.4, 0.5) is 0 Å². The standard InChI is InChI=1S/C13H14O2.C2H6/c14-9-13(15)12-8-4-2-6-10-5-1-3-7-11(10)12;1-2/h1,3,5,7-8,14H,2,4,6,9H2;1-2H3. The second kappa shape index (κ2) is 7.02. The molecule has 0 saturated carbocycles. The van der Waals surface area contributed by atoms with Crippen molar-refractivity contribution in [3.63, 3.8) is 0 Å². The van der Waals surface area contributed by atoms with Crippen LogP contribution in [0, 0.1) is 0 Å². The molecule has 2 nitrogen and oxygen atoms in total. The number of allylic oxidation sites excluding steroid dienone is 1. The molecular formula is C15H20O2. The van der Waals surface area contributed by atoms with Crippen molar-refractivity contribution in [1.29, 1.82) is 0 Å². The maximum atomic E-state index is 11.6. The molecule has 92 valence electrons. The van der Waals surface area contributed by atoms with Crippen molar-refractivity contribution in [3.8, 4) is 0 Å². The first-order chi connectivity index (χ1) is 8.33. The quantitative estimate of drug-likeness (QED) is 0.851. The lowest BCUT2D eigenvalue weighted by molar-refractivity contribution is -0.116. The number of aliphatic hydroxyl groups is 1. The number of carbonyl (C=O) groups is 1. The first-order valence-corrected chi connectivity index (χ1v) is 6.25. The number of hydrogen-bond acceptors (Lipinski definition) is 2. The topological polar surface area (TPSA) is 37.3 Å². The molecule has 1 aromatic carbocycles. The lowest BCUT2D eigenvalue weighted by Crippen LogP contribution is -2.07. The van der Waals surface area contributed by atoms with E-state index in [4.69, 9.17) is 5.11 Å². The fraction of sp³-hybridized carbons (Fsp3) is 0.400. The van der Waals surface area contributed by atoms with Crippen molar-refractivity contribution >= 4 is 11.4 Å². The average Bonchev–Trinajstić information content (AvgIpc) is 2.62.